The van der Waals surface area contributed by atoms with Gasteiger partial charge in [0.15, 0.2) is 5.82 Å². The quantitative estimate of drug-likeness (QED) is 0.176. The fourth-order valence-electron chi connectivity index (χ4n) is 2.35. The zero-order chi connectivity index (χ0) is 19.1. The van der Waals surface area contributed by atoms with Gasteiger partial charge in [-0.05, 0) is 52.9 Å². The van der Waals surface area contributed by atoms with Crippen LogP contribution in [0.2, 0.25) is 5.02 Å². The predicted molar refractivity (Wildman–Crippen MR) is 99.7 cm³/mol. The van der Waals surface area contributed by atoms with Gasteiger partial charge in [0.2, 0.25) is 5.95 Å². The van der Waals surface area contributed by atoms with Crippen LogP contribution in [0.4, 0.5) is 35.0 Å². The summed E-state index contributed by atoms with van der Waals surface area (Å²) in [4.78, 5) is 7.78. The number of nitrogens with one attached hydrogen (secondary N) is 1. The summed E-state index contributed by atoms with van der Waals surface area (Å²) in [7, 11) is 0. The van der Waals surface area contributed by atoms with Crippen LogP contribution in [0.5, 0.6) is 0 Å². The summed E-state index contributed by atoms with van der Waals surface area (Å²) in [6.45, 7) is 0. The minimum Gasteiger partial charge on any atom is -0.292 e. The average molecular weight is 498 g/mol. The van der Waals surface area contributed by atoms with Gasteiger partial charge in [0.05, 0.1) is 16.2 Å². The van der Waals surface area contributed by atoms with E-state index in [0.29, 0.717) is 3.57 Å². The first-order chi connectivity index (χ1) is 12.2. The van der Waals surface area contributed by atoms with Crippen LogP contribution in [0.3, 0.4) is 0 Å². The van der Waals surface area contributed by atoms with Gasteiger partial charge in [0.25, 0.3) is 0 Å². The molecule has 3 N–H and O–H groups in total. The molecule has 3 rings (SSSR count). The van der Waals surface area contributed by atoms with Crippen molar-refractivity contribution in [1.82, 2.24) is 9.97 Å². The van der Waals surface area contributed by atoms with E-state index in [1.165, 1.54) is 18.2 Å². The van der Waals surface area contributed by atoms with E-state index < -0.39 is 17.9 Å². The third kappa shape index (κ3) is 3.62. The molecule has 0 atom stereocenters. The molecule has 1 heterocycles. The lowest BCUT2D eigenvalue weighted by Gasteiger charge is -2.27. The second-order valence-electron chi connectivity index (χ2n) is 5.08. The molecule has 0 aliphatic carbocycles. The summed E-state index contributed by atoms with van der Waals surface area (Å²) in [6, 6.07) is 7.68. The second kappa shape index (κ2) is 7.00. The number of alkyl halides is 3. The lowest BCUT2D eigenvalue weighted by molar-refractivity contribution is -0.121. The SMILES string of the molecule is NNc1nc(N(c2cccc(I)c2)C(F)(F)F)c2cc(F)c(Cl)cc2n1. The van der Waals surface area contributed by atoms with Crippen molar-refractivity contribution in [2.24, 2.45) is 5.84 Å². The Balaban J connectivity index is 2.36. The number of nitrogens with two attached hydrogens (primary N) is 1. The molecule has 2 aromatic carbocycles. The third-order valence-electron chi connectivity index (χ3n) is 3.38. The second-order valence-corrected chi connectivity index (χ2v) is 6.73. The van der Waals surface area contributed by atoms with Crippen molar-refractivity contribution in [2.45, 2.75) is 6.30 Å². The van der Waals surface area contributed by atoms with E-state index in [4.69, 9.17) is 17.4 Å². The molecule has 0 unspecified atom stereocenters. The van der Waals surface area contributed by atoms with Gasteiger partial charge in [0.1, 0.15) is 5.82 Å². The molecule has 3 aromatic rings. The molecule has 0 radical (unpaired) electrons. The number of benzene rings is 2. The van der Waals surface area contributed by atoms with Crippen LogP contribution in [0.25, 0.3) is 10.9 Å². The monoisotopic (exact) mass is 497 g/mol. The third-order valence-corrected chi connectivity index (χ3v) is 4.34. The van der Waals surface area contributed by atoms with Gasteiger partial charge in [-0.2, -0.15) is 4.98 Å². The highest BCUT2D eigenvalue weighted by atomic mass is 127. The maximum atomic E-state index is 13.9. The van der Waals surface area contributed by atoms with Crippen LogP contribution in [-0.4, -0.2) is 16.3 Å². The summed E-state index contributed by atoms with van der Waals surface area (Å²) >= 11 is 7.61. The summed E-state index contributed by atoms with van der Waals surface area (Å²) in [5.74, 6) is 3.54. The molecule has 11 heteroatoms. The van der Waals surface area contributed by atoms with Gasteiger partial charge in [-0.25, -0.2) is 20.1 Å². The standard InChI is InChI=1S/C15H9ClF4IN5/c16-10-6-12-9(5-11(10)17)13(24-14(23-12)25-22)26(15(18,19)20)8-3-1-2-7(21)4-8/h1-6H,22H2,(H,23,24,25). The van der Waals surface area contributed by atoms with Gasteiger partial charge in [0, 0.05) is 8.96 Å². The average Bonchev–Trinajstić information content (AvgIpc) is 2.55. The van der Waals surface area contributed by atoms with Crippen LogP contribution >= 0.6 is 34.2 Å². The Morgan fingerprint density at radius 3 is 2.50 bits per heavy atom. The normalized spacial score (nSPS) is 11.7. The lowest BCUT2D eigenvalue weighted by Crippen LogP contribution is -2.35. The maximum absolute atomic E-state index is 13.9. The largest absolute Gasteiger partial charge is 0.490 e. The van der Waals surface area contributed by atoms with Gasteiger partial charge >= 0.3 is 6.30 Å². The number of rotatable bonds is 3. The van der Waals surface area contributed by atoms with Crippen LogP contribution in [0.1, 0.15) is 0 Å². The molecule has 0 bridgehead atoms. The molecule has 0 fully saturated rings. The van der Waals surface area contributed by atoms with E-state index in [-0.39, 0.29) is 32.5 Å². The number of nitrogen functional groups attached to an aromatic ring is 1. The molecular weight excluding hydrogens is 489 g/mol. The molecule has 26 heavy (non-hydrogen) atoms. The molecule has 0 saturated carbocycles. The highest BCUT2D eigenvalue weighted by Crippen LogP contribution is 2.40. The molecule has 0 spiro atoms. The summed E-state index contributed by atoms with van der Waals surface area (Å²) in [5, 5.41) is -0.444. The molecule has 1 aromatic heterocycles. The topological polar surface area (TPSA) is 67.1 Å². The van der Waals surface area contributed by atoms with Crippen molar-refractivity contribution in [3.05, 3.63) is 50.8 Å². The Hall–Kier alpha value is -1.92. The molecule has 136 valence electrons. The zero-order valence-electron chi connectivity index (χ0n) is 12.7. The molecule has 0 amide bonds. The van der Waals surface area contributed by atoms with Crippen molar-refractivity contribution in [3.8, 4) is 0 Å². The number of hydrazine groups is 1. The first-order valence-corrected chi connectivity index (χ1v) is 8.42. The zero-order valence-corrected chi connectivity index (χ0v) is 15.6. The van der Waals surface area contributed by atoms with Crippen molar-refractivity contribution >= 4 is 62.5 Å². The van der Waals surface area contributed by atoms with Crippen LogP contribution in [-0.2, 0) is 0 Å². The fraction of sp³-hybridized carbons (Fsp3) is 0.0667. The van der Waals surface area contributed by atoms with Crippen molar-refractivity contribution in [3.63, 3.8) is 0 Å². The van der Waals surface area contributed by atoms with Gasteiger partial charge in [-0.3, -0.25) is 5.43 Å². The number of hydrogen-bond donors (Lipinski definition) is 2. The lowest BCUT2D eigenvalue weighted by atomic mass is 10.2. The maximum Gasteiger partial charge on any atom is 0.490 e. The highest BCUT2D eigenvalue weighted by Gasteiger charge is 2.41. The number of nitrogens with zero attached hydrogens (tertiary/aromatic N) is 3. The Kier molecular flexibility index (Phi) is 5.08. The first-order valence-electron chi connectivity index (χ1n) is 6.96. The van der Waals surface area contributed by atoms with E-state index in [1.807, 2.05) is 22.6 Å². The molecule has 5 nitrogen and oxygen atoms in total. The van der Waals surface area contributed by atoms with Crippen LogP contribution in [0, 0.1) is 9.39 Å². The van der Waals surface area contributed by atoms with Crippen molar-refractivity contribution in [1.29, 1.82) is 0 Å². The van der Waals surface area contributed by atoms with Crippen LogP contribution in [0.15, 0.2) is 36.4 Å². The summed E-state index contributed by atoms with van der Waals surface area (Å²) in [6.07, 6.45) is -4.84. The number of hydrogen-bond acceptors (Lipinski definition) is 5. The van der Waals surface area contributed by atoms with E-state index in [2.05, 4.69) is 15.4 Å². The smallest absolute Gasteiger partial charge is 0.292 e. The Labute approximate surface area is 163 Å². The Morgan fingerprint density at radius 1 is 1.15 bits per heavy atom. The number of fused-ring (bicyclic) bond motifs is 1. The van der Waals surface area contributed by atoms with E-state index in [9.17, 15) is 17.6 Å². The Morgan fingerprint density at radius 2 is 1.88 bits per heavy atom. The molecule has 0 aliphatic heterocycles. The van der Waals surface area contributed by atoms with Gasteiger partial charge < -0.3 is 0 Å². The summed E-state index contributed by atoms with van der Waals surface area (Å²) in [5.41, 5.74) is 1.92. The molecular formula is C15H9ClF4IN5. The first kappa shape index (κ1) is 18.9. The van der Waals surface area contributed by atoms with E-state index in [0.717, 1.165) is 12.1 Å². The number of aromatic nitrogens is 2. The van der Waals surface area contributed by atoms with Crippen molar-refractivity contribution < 1.29 is 17.6 Å². The van der Waals surface area contributed by atoms with Crippen molar-refractivity contribution in [2.75, 3.05) is 10.3 Å². The minimum atomic E-state index is -4.84. The number of halogens is 6. The molecule has 0 saturated heterocycles. The molecule has 0 aliphatic rings. The van der Waals surface area contributed by atoms with Gasteiger partial charge in [-0.1, -0.05) is 17.7 Å². The highest BCUT2D eigenvalue weighted by molar-refractivity contribution is 14.1. The van der Waals surface area contributed by atoms with E-state index in [1.54, 1.807) is 6.07 Å². The minimum absolute atomic E-state index is 0.00854. The number of anilines is 3. The van der Waals surface area contributed by atoms with Crippen LogP contribution < -0.4 is 16.2 Å². The predicted octanol–water partition coefficient (Wildman–Crippen LogP) is 4.97. The van der Waals surface area contributed by atoms with E-state index >= 15 is 0 Å². The Bertz CT molecular complexity index is 982. The van der Waals surface area contributed by atoms with Gasteiger partial charge in [-0.15, -0.1) is 13.2 Å². The fourth-order valence-corrected chi connectivity index (χ4v) is 3.03. The summed E-state index contributed by atoms with van der Waals surface area (Å²) < 4.78 is 56.1.